The molecule has 1 saturated carbocycles. The van der Waals surface area contributed by atoms with Crippen molar-refractivity contribution in [1.82, 2.24) is 0 Å². The van der Waals surface area contributed by atoms with Gasteiger partial charge >= 0.3 is 0 Å². The molecule has 3 atom stereocenters. The Labute approximate surface area is 107 Å². The second-order valence-corrected chi connectivity index (χ2v) is 6.16. The normalized spacial score (nSPS) is 40.6. The summed E-state index contributed by atoms with van der Waals surface area (Å²) in [5.41, 5.74) is 1.74. The predicted octanol–water partition coefficient (Wildman–Crippen LogP) is 5.51. The summed E-state index contributed by atoms with van der Waals surface area (Å²) >= 11 is 0. The lowest BCUT2D eigenvalue weighted by Gasteiger charge is -2.18. The van der Waals surface area contributed by atoms with E-state index in [1.54, 1.807) is 5.57 Å². The monoisotopic (exact) mass is 232 g/mol. The number of rotatable bonds is 0. The largest absolute Gasteiger partial charge is 0.0845 e. The number of allylic oxidation sites excluding steroid dienone is 4. The first-order valence-corrected chi connectivity index (χ1v) is 7.65. The minimum absolute atomic E-state index is 0.822. The van der Waals surface area contributed by atoms with Crippen molar-refractivity contribution >= 4 is 0 Å². The average molecular weight is 232 g/mol. The van der Waals surface area contributed by atoms with Crippen LogP contribution in [-0.2, 0) is 0 Å². The molecule has 1 fully saturated rings. The minimum Gasteiger partial charge on any atom is -0.0845 e. The van der Waals surface area contributed by atoms with Crippen molar-refractivity contribution in [3.63, 3.8) is 0 Å². The van der Waals surface area contributed by atoms with Crippen LogP contribution in [0.4, 0.5) is 0 Å². The van der Waals surface area contributed by atoms with Crippen LogP contribution in [0.2, 0.25) is 0 Å². The highest BCUT2D eigenvalue weighted by molar-refractivity contribution is 5.22. The molecule has 0 radical (unpaired) electrons. The van der Waals surface area contributed by atoms with Crippen LogP contribution in [0.15, 0.2) is 23.8 Å². The second-order valence-electron chi connectivity index (χ2n) is 6.16. The molecule has 0 nitrogen and oxygen atoms in total. The van der Waals surface area contributed by atoms with E-state index in [0.29, 0.717) is 0 Å². The van der Waals surface area contributed by atoms with Gasteiger partial charge < -0.3 is 0 Å². The zero-order valence-corrected chi connectivity index (χ0v) is 11.6. The Morgan fingerprint density at radius 3 is 2.65 bits per heavy atom. The SMILES string of the molecule is CC1CC(C)C2CCCCCCC/C=C/C=C/12. The van der Waals surface area contributed by atoms with Gasteiger partial charge in [0.2, 0.25) is 0 Å². The van der Waals surface area contributed by atoms with Gasteiger partial charge in [-0.1, -0.05) is 63.3 Å². The molecule has 0 amide bonds. The van der Waals surface area contributed by atoms with Crippen LogP contribution < -0.4 is 0 Å². The van der Waals surface area contributed by atoms with Crippen LogP contribution in [-0.4, -0.2) is 0 Å². The van der Waals surface area contributed by atoms with Gasteiger partial charge in [-0.2, -0.15) is 0 Å². The lowest BCUT2D eigenvalue weighted by atomic mass is 9.88. The van der Waals surface area contributed by atoms with E-state index < -0.39 is 0 Å². The maximum absolute atomic E-state index is 2.46. The molecule has 96 valence electrons. The highest BCUT2D eigenvalue weighted by Gasteiger charge is 2.32. The maximum atomic E-state index is 2.46. The van der Waals surface area contributed by atoms with Gasteiger partial charge in [0.25, 0.3) is 0 Å². The first-order chi connectivity index (χ1) is 8.29. The molecular formula is C17H28. The van der Waals surface area contributed by atoms with Crippen molar-refractivity contribution in [2.45, 2.75) is 65.2 Å². The molecule has 17 heavy (non-hydrogen) atoms. The Balaban J connectivity index is 2.08. The van der Waals surface area contributed by atoms with Gasteiger partial charge in [-0.05, 0) is 43.4 Å². The Kier molecular flexibility index (Phi) is 4.88. The Morgan fingerprint density at radius 2 is 1.76 bits per heavy atom. The molecule has 0 heterocycles. The fourth-order valence-electron chi connectivity index (χ4n) is 3.72. The summed E-state index contributed by atoms with van der Waals surface area (Å²) in [4.78, 5) is 0. The smallest absolute Gasteiger partial charge is 0.0171 e. The molecule has 0 spiro atoms. The van der Waals surface area contributed by atoms with Crippen molar-refractivity contribution in [3.8, 4) is 0 Å². The predicted molar refractivity (Wildman–Crippen MR) is 76.0 cm³/mol. The van der Waals surface area contributed by atoms with E-state index in [1.165, 1.54) is 51.4 Å². The molecule has 2 aliphatic rings. The molecule has 0 heteroatoms. The van der Waals surface area contributed by atoms with E-state index in [0.717, 1.165) is 17.8 Å². The Bertz CT molecular complexity index is 284. The van der Waals surface area contributed by atoms with Crippen LogP contribution in [0.3, 0.4) is 0 Å². The standard InChI is InChI=1S/C17H28/c1-14-13-15(2)17-12-10-8-6-4-3-5-7-9-11-16(14)17/h7,9,11,14-15,17H,3-6,8,10,12-13H2,1-2H3/b9-7+,16-11-. The molecule has 0 aromatic heterocycles. The molecule has 0 N–H and O–H groups in total. The van der Waals surface area contributed by atoms with Gasteiger partial charge in [-0.25, -0.2) is 0 Å². The summed E-state index contributed by atoms with van der Waals surface area (Å²) in [7, 11) is 0. The molecular weight excluding hydrogens is 204 g/mol. The topological polar surface area (TPSA) is 0 Å². The summed E-state index contributed by atoms with van der Waals surface area (Å²) in [6, 6.07) is 0. The van der Waals surface area contributed by atoms with E-state index in [1.807, 2.05) is 0 Å². The van der Waals surface area contributed by atoms with E-state index in [9.17, 15) is 0 Å². The van der Waals surface area contributed by atoms with Crippen molar-refractivity contribution in [3.05, 3.63) is 23.8 Å². The third-order valence-corrected chi connectivity index (χ3v) is 4.72. The fourth-order valence-corrected chi connectivity index (χ4v) is 3.72. The molecule has 0 aromatic carbocycles. The lowest BCUT2D eigenvalue weighted by molar-refractivity contribution is 0.408. The average Bonchev–Trinajstić information content (AvgIpc) is 2.54. The molecule has 0 aromatic rings. The summed E-state index contributed by atoms with van der Waals surface area (Å²) in [6.45, 7) is 4.87. The van der Waals surface area contributed by atoms with Gasteiger partial charge in [0, 0.05) is 0 Å². The third kappa shape index (κ3) is 3.47. The summed E-state index contributed by atoms with van der Waals surface area (Å²) < 4.78 is 0. The summed E-state index contributed by atoms with van der Waals surface area (Å²) in [5.74, 6) is 2.62. The molecule has 2 rings (SSSR count). The van der Waals surface area contributed by atoms with Crippen molar-refractivity contribution in [2.24, 2.45) is 17.8 Å². The molecule has 0 bridgehead atoms. The molecule has 0 aliphatic heterocycles. The van der Waals surface area contributed by atoms with Crippen LogP contribution in [0.1, 0.15) is 65.2 Å². The molecule has 3 unspecified atom stereocenters. The Hall–Kier alpha value is -0.520. The van der Waals surface area contributed by atoms with Gasteiger partial charge in [-0.15, -0.1) is 0 Å². The van der Waals surface area contributed by atoms with E-state index in [2.05, 4.69) is 32.1 Å². The molecule has 2 aliphatic carbocycles. The van der Waals surface area contributed by atoms with Gasteiger partial charge in [0.1, 0.15) is 0 Å². The third-order valence-electron chi connectivity index (χ3n) is 4.72. The summed E-state index contributed by atoms with van der Waals surface area (Å²) in [5, 5.41) is 0. The van der Waals surface area contributed by atoms with Crippen LogP contribution in [0.5, 0.6) is 0 Å². The first-order valence-electron chi connectivity index (χ1n) is 7.65. The second kappa shape index (κ2) is 6.42. The van der Waals surface area contributed by atoms with Crippen LogP contribution in [0.25, 0.3) is 0 Å². The number of hydrogen-bond donors (Lipinski definition) is 0. The fraction of sp³-hybridized carbons (Fsp3) is 0.765. The maximum Gasteiger partial charge on any atom is -0.0171 e. The highest BCUT2D eigenvalue weighted by atomic mass is 14.4. The Morgan fingerprint density at radius 1 is 1.00 bits per heavy atom. The minimum atomic E-state index is 0.822. The van der Waals surface area contributed by atoms with Crippen molar-refractivity contribution in [1.29, 1.82) is 0 Å². The van der Waals surface area contributed by atoms with Crippen molar-refractivity contribution in [2.75, 3.05) is 0 Å². The molecule has 0 saturated heterocycles. The van der Waals surface area contributed by atoms with E-state index in [4.69, 9.17) is 0 Å². The number of fused-ring (bicyclic) bond motifs is 1. The highest BCUT2D eigenvalue weighted by Crippen LogP contribution is 2.43. The van der Waals surface area contributed by atoms with Crippen molar-refractivity contribution < 1.29 is 0 Å². The van der Waals surface area contributed by atoms with E-state index >= 15 is 0 Å². The lowest BCUT2D eigenvalue weighted by Crippen LogP contribution is -2.06. The zero-order chi connectivity index (χ0) is 12.1. The number of hydrogen-bond acceptors (Lipinski definition) is 0. The first kappa shape index (κ1) is 12.9. The quantitative estimate of drug-likeness (QED) is 0.517. The van der Waals surface area contributed by atoms with E-state index in [-0.39, 0.29) is 0 Å². The van der Waals surface area contributed by atoms with Gasteiger partial charge in [0.05, 0.1) is 0 Å². The summed E-state index contributed by atoms with van der Waals surface area (Å²) in [6.07, 6.45) is 18.4. The van der Waals surface area contributed by atoms with Crippen LogP contribution in [0, 0.1) is 17.8 Å². The zero-order valence-electron chi connectivity index (χ0n) is 11.6. The van der Waals surface area contributed by atoms with Gasteiger partial charge in [-0.3, -0.25) is 0 Å². The van der Waals surface area contributed by atoms with Gasteiger partial charge in [0.15, 0.2) is 0 Å². The van der Waals surface area contributed by atoms with Crippen LogP contribution >= 0.6 is 0 Å².